The number of nitrogens with one attached hydrogen (secondary N) is 1. The highest BCUT2D eigenvalue weighted by Crippen LogP contribution is 2.18. The molecule has 0 aliphatic carbocycles. The molecular weight excluding hydrogens is 394 g/mol. The van der Waals surface area contributed by atoms with Gasteiger partial charge in [-0.15, -0.1) is 0 Å². The molecule has 0 bridgehead atoms. The Morgan fingerprint density at radius 2 is 1.66 bits per heavy atom. The average Bonchev–Trinajstić information content (AvgIpc) is 2.66. The van der Waals surface area contributed by atoms with E-state index >= 15 is 0 Å². The first-order valence-electron chi connectivity index (χ1n) is 9.42. The van der Waals surface area contributed by atoms with Crippen LogP contribution in [-0.4, -0.2) is 34.2 Å². The highest BCUT2D eigenvalue weighted by molar-refractivity contribution is 6.30. The summed E-state index contributed by atoms with van der Waals surface area (Å²) in [7, 11) is 0. The number of carboxylic acids is 2. The van der Waals surface area contributed by atoms with Gasteiger partial charge in [0.15, 0.2) is 0 Å². The summed E-state index contributed by atoms with van der Waals surface area (Å²) in [4.78, 5) is 23.1. The van der Waals surface area contributed by atoms with Crippen LogP contribution in [0.5, 0.6) is 5.75 Å². The molecule has 0 fully saturated rings. The second kappa shape index (κ2) is 10.8. The third kappa shape index (κ3) is 7.75. The molecule has 0 spiro atoms. The lowest BCUT2D eigenvalue weighted by atomic mass is 10.0. The molecule has 0 unspecified atom stereocenters. The standard InChI is InChI=1S/C22H26ClNO5/c1-14(2)10-19(21(25)26)24-20(22(27)28)12-16-4-3-5-18(11-16)29-13-15-6-8-17(23)9-7-15/h3-9,11,14,19-20,24H,10,12-13H2,1-2H3,(H,25,26)(H,27,28)/t19-,20-/m0/s1. The van der Waals surface area contributed by atoms with Crippen LogP contribution in [0.25, 0.3) is 0 Å². The Morgan fingerprint density at radius 1 is 1.00 bits per heavy atom. The number of carboxylic acid groups (broad SMARTS) is 2. The first-order valence-corrected chi connectivity index (χ1v) is 9.80. The maximum atomic E-state index is 11.7. The van der Waals surface area contributed by atoms with Crippen LogP contribution >= 0.6 is 11.6 Å². The van der Waals surface area contributed by atoms with E-state index in [0.29, 0.717) is 23.8 Å². The lowest BCUT2D eigenvalue weighted by Gasteiger charge is -2.22. The normalized spacial score (nSPS) is 13.1. The van der Waals surface area contributed by atoms with E-state index in [1.807, 2.05) is 26.0 Å². The van der Waals surface area contributed by atoms with Gasteiger partial charge in [0.1, 0.15) is 24.4 Å². The van der Waals surface area contributed by atoms with Crippen LogP contribution in [0.15, 0.2) is 48.5 Å². The zero-order valence-corrected chi connectivity index (χ0v) is 17.2. The summed E-state index contributed by atoms with van der Waals surface area (Å²) in [5.41, 5.74) is 1.70. The van der Waals surface area contributed by atoms with Gasteiger partial charge < -0.3 is 14.9 Å². The lowest BCUT2D eigenvalue weighted by Crippen LogP contribution is -2.48. The van der Waals surface area contributed by atoms with E-state index in [1.165, 1.54) is 0 Å². The second-order valence-corrected chi connectivity index (χ2v) is 7.78. The Balaban J connectivity index is 2.04. The van der Waals surface area contributed by atoms with Crippen LogP contribution in [0.2, 0.25) is 5.02 Å². The summed E-state index contributed by atoms with van der Waals surface area (Å²) in [5.74, 6) is -1.40. The molecule has 0 aromatic heterocycles. The lowest BCUT2D eigenvalue weighted by molar-refractivity contribution is -0.142. The molecule has 0 aliphatic heterocycles. The van der Waals surface area contributed by atoms with Crippen molar-refractivity contribution >= 4 is 23.5 Å². The second-order valence-electron chi connectivity index (χ2n) is 7.34. The Hall–Kier alpha value is -2.57. The van der Waals surface area contributed by atoms with E-state index in [2.05, 4.69) is 5.32 Å². The topological polar surface area (TPSA) is 95.9 Å². The fraction of sp³-hybridized carbons (Fsp3) is 0.364. The van der Waals surface area contributed by atoms with Crippen LogP contribution in [0.1, 0.15) is 31.4 Å². The van der Waals surface area contributed by atoms with Gasteiger partial charge >= 0.3 is 11.9 Å². The predicted molar refractivity (Wildman–Crippen MR) is 111 cm³/mol. The van der Waals surface area contributed by atoms with Gasteiger partial charge in [0.25, 0.3) is 0 Å². The molecule has 6 nitrogen and oxygen atoms in total. The van der Waals surface area contributed by atoms with Crippen molar-refractivity contribution in [2.75, 3.05) is 0 Å². The maximum absolute atomic E-state index is 11.7. The van der Waals surface area contributed by atoms with Gasteiger partial charge in [-0.1, -0.05) is 49.7 Å². The van der Waals surface area contributed by atoms with E-state index in [-0.39, 0.29) is 12.3 Å². The van der Waals surface area contributed by atoms with Crippen molar-refractivity contribution in [3.63, 3.8) is 0 Å². The van der Waals surface area contributed by atoms with Crippen LogP contribution in [-0.2, 0) is 22.6 Å². The number of aliphatic carboxylic acids is 2. The molecule has 29 heavy (non-hydrogen) atoms. The molecule has 3 N–H and O–H groups in total. The highest BCUT2D eigenvalue weighted by Gasteiger charge is 2.26. The van der Waals surface area contributed by atoms with Gasteiger partial charge in [-0.25, -0.2) is 0 Å². The molecule has 0 heterocycles. The smallest absolute Gasteiger partial charge is 0.321 e. The molecule has 2 rings (SSSR count). The minimum atomic E-state index is -1.09. The highest BCUT2D eigenvalue weighted by atomic mass is 35.5. The molecule has 0 saturated heterocycles. The number of hydrogen-bond donors (Lipinski definition) is 3. The molecule has 2 aromatic carbocycles. The van der Waals surface area contributed by atoms with Gasteiger partial charge in [0, 0.05) is 5.02 Å². The monoisotopic (exact) mass is 419 g/mol. The van der Waals surface area contributed by atoms with Gasteiger partial charge in [0.05, 0.1) is 0 Å². The van der Waals surface area contributed by atoms with Crippen molar-refractivity contribution in [2.45, 2.75) is 45.4 Å². The third-order valence-corrected chi connectivity index (χ3v) is 4.61. The van der Waals surface area contributed by atoms with E-state index < -0.39 is 24.0 Å². The Labute approximate surface area is 175 Å². The molecule has 7 heteroatoms. The first kappa shape index (κ1) is 22.7. The molecule has 2 atom stereocenters. The van der Waals surface area contributed by atoms with Crippen molar-refractivity contribution < 1.29 is 24.5 Å². The summed E-state index contributed by atoms with van der Waals surface area (Å²) in [6, 6.07) is 12.5. The maximum Gasteiger partial charge on any atom is 0.321 e. The predicted octanol–water partition coefficient (Wildman–Crippen LogP) is 4.00. The molecule has 156 valence electrons. The molecule has 0 aliphatic rings. The quantitative estimate of drug-likeness (QED) is 0.509. The number of ether oxygens (including phenoxy) is 1. The number of hydrogen-bond acceptors (Lipinski definition) is 4. The number of rotatable bonds is 11. The minimum absolute atomic E-state index is 0.127. The summed E-state index contributed by atoms with van der Waals surface area (Å²) in [6.45, 7) is 4.15. The molecular formula is C22H26ClNO5. The van der Waals surface area contributed by atoms with Crippen molar-refractivity contribution in [1.82, 2.24) is 5.32 Å². The first-order chi connectivity index (χ1) is 13.7. The fourth-order valence-electron chi connectivity index (χ4n) is 2.92. The van der Waals surface area contributed by atoms with Gasteiger partial charge in [-0.2, -0.15) is 0 Å². The van der Waals surface area contributed by atoms with Crippen molar-refractivity contribution in [3.05, 3.63) is 64.7 Å². The summed E-state index contributed by atoms with van der Waals surface area (Å²) >= 11 is 5.88. The van der Waals surface area contributed by atoms with Gasteiger partial charge in [0.2, 0.25) is 0 Å². The van der Waals surface area contributed by atoms with Crippen LogP contribution in [0.3, 0.4) is 0 Å². The summed E-state index contributed by atoms with van der Waals surface area (Å²) in [5, 5.41) is 22.3. The molecule has 0 amide bonds. The minimum Gasteiger partial charge on any atom is -0.489 e. The summed E-state index contributed by atoms with van der Waals surface area (Å²) in [6.07, 6.45) is 0.499. The van der Waals surface area contributed by atoms with Crippen LogP contribution < -0.4 is 10.1 Å². The average molecular weight is 420 g/mol. The Morgan fingerprint density at radius 3 is 2.24 bits per heavy atom. The summed E-state index contributed by atoms with van der Waals surface area (Å²) < 4.78 is 5.78. The van der Waals surface area contributed by atoms with Crippen molar-refractivity contribution in [3.8, 4) is 5.75 Å². The Bertz CT molecular complexity index is 822. The molecule has 2 aromatic rings. The number of carbonyl (C=O) groups is 2. The largest absolute Gasteiger partial charge is 0.489 e. The van der Waals surface area contributed by atoms with E-state index in [9.17, 15) is 19.8 Å². The SMILES string of the molecule is CC(C)C[C@H](N[C@@H](Cc1cccc(OCc2ccc(Cl)cc2)c1)C(=O)O)C(=O)O. The van der Waals surface area contributed by atoms with E-state index in [0.717, 1.165) is 11.1 Å². The zero-order chi connectivity index (χ0) is 21.4. The van der Waals surface area contributed by atoms with Crippen LogP contribution in [0.4, 0.5) is 0 Å². The van der Waals surface area contributed by atoms with Crippen molar-refractivity contribution in [2.24, 2.45) is 5.92 Å². The molecule has 0 radical (unpaired) electrons. The third-order valence-electron chi connectivity index (χ3n) is 4.36. The zero-order valence-electron chi connectivity index (χ0n) is 16.5. The molecule has 0 saturated carbocycles. The van der Waals surface area contributed by atoms with E-state index in [4.69, 9.17) is 16.3 Å². The fourth-order valence-corrected chi connectivity index (χ4v) is 3.04. The van der Waals surface area contributed by atoms with Gasteiger partial charge in [-0.3, -0.25) is 14.9 Å². The van der Waals surface area contributed by atoms with Crippen LogP contribution in [0, 0.1) is 5.92 Å². The number of halogens is 1. The van der Waals surface area contributed by atoms with E-state index in [1.54, 1.807) is 36.4 Å². The Kier molecular flexibility index (Phi) is 8.49. The van der Waals surface area contributed by atoms with Crippen molar-refractivity contribution in [1.29, 1.82) is 0 Å². The number of benzene rings is 2. The van der Waals surface area contributed by atoms with Gasteiger partial charge in [-0.05, 0) is 54.2 Å².